The largest absolute Gasteiger partial charge is 0.507 e. The summed E-state index contributed by atoms with van der Waals surface area (Å²) in [6.45, 7) is 0. The summed E-state index contributed by atoms with van der Waals surface area (Å²) in [5.41, 5.74) is -0.618. The third kappa shape index (κ3) is 2.59. The molecular formula is C22H13NO5. The fraction of sp³-hybridized carbons (Fsp3) is 0. The van der Waals surface area contributed by atoms with E-state index >= 15 is 0 Å². The molecule has 0 spiro atoms. The number of carbonyl (C=O) groups is 2. The lowest BCUT2D eigenvalue weighted by molar-refractivity contribution is 0.0694. The van der Waals surface area contributed by atoms with Crippen molar-refractivity contribution in [1.29, 1.82) is 0 Å². The Hall–Kier alpha value is -4.06. The molecule has 0 fully saturated rings. The van der Waals surface area contributed by atoms with E-state index in [9.17, 15) is 24.7 Å². The van der Waals surface area contributed by atoms with Gasteiger partial charge in [-0.25, -0.2) is 4.79 Å². The highest BCUT2D eigenvalue weighted by atomic mass is 16.4. The second-order valence-electron chi connectivity index (χ2n) is 6.27. The molecular weight excluding hydrogens is 358 g/mol. The van der Waals surface area contributed by atoms with E-state index < -0.39 is 17.3 Å². The van der Waals surface area contributed by atoms with Crippen LogP contribution in [0.3, 0.4) is 0 Å². The van der Waals surface area contributed by atoms with E-state index in [0.29, 0.717) is 21.5 Å². The number of ketones is 1. The van der Waals surface area contributed by atoms with E-state index in [4.69, 9.17) is 0 Å². The summed E-state index contributed by atoms with van der Waals surface area (Å²) in [5, 5.41) is 24.5. The Bertz CT molecular complexity index is 1290. The van der Waals surface area contributed by atoms with Crippen molar-refractivity contribution in [3.8, 4) is 5.75 Å². The van der Waals surface area contributed by atoms with Crippen molar-refractivity contribution < 1.29 is 19.8 Å². The van der Waals surface area contributed by atoms with E-state index in [1.54, 1.807) is 48.5 Å². The van der Waals surface area contributed by atoms with Gasteiger partial charge in [-0.3, -0.25) is 4.79 Å². The zero-order chi connectivity index (χ0) is 19.8. The number of aromatic hydroxyl groups is 1. The zero-order valence-corrected chi connectivity index (χ0v) is 14.4. The molecule has 0 amide bonds. The molecule has 2 N–H and O–H groups in total. The smallest absolute Gasteiger partial charge is 0.338 e. The van der Waals surface area contributed by atoms with Crippen LogP contribution >= 0.6 is 0 Å². The Morgan fingerprint density at radius 1 is 0.786 bits per heavy atom. The van der Waals surface area contributed by atoms with Gasteiger partial charge in [0, 0.05) is 21.9 Å². The van der Waals surface area contributed by atoms with Gasteiger partial charge in [-0.1, -0.05) is 48.5 Å². The lowest BCUT2D eigenvalue weighted by atomic mass is 9.91. The molecule has 4 rings (SSSR count). The van der Waals surface area contributed by atoms with Crippen LogP contribution in [0.5, 0.6) is 5.75 Å². The summed E-state index contributed by atoms with van der Waals surface area (Å²) in [5.74, 6) is -1.96. The van der Waals surface area contributed by atoms with Crippen molar-refractivity contribution in [2.75, 3.05) is 0 Å². The van der Waals surface area contributed by atoms with Gasteiger partial charge in [0.1, 0.15) is 17.0 Å². The van der Waals surface area contributed by atoms with Crippen LogP contribution in [0.4, 0.5) is 5.69 Å². The summed E-state index contributed by atoms with van der Waals surface area (Å²) in [6.07, 6.45) is 0. The van der Waals surface area contributed by atoms with Crippen molar-refractivity contribution in [3.05, 3.63) is 88.3 Å². The molecule has 0 aromatic heterocycles. The maximum Gasteiger partial charge on any atom is 0.338 e. The second-order valence-corrected chi connectivity index (χ2v) is 6.27. The number of aromatic carboxylic acids is 1. The summed E-state index contributed by atoms with van der Waals surface area (Å²) in [7, 11) is 0. The van der Waals surface area contributed by atoms with Gasteiger partial charge < -0.3 is 10.2 Å². The fourth-order valence-electron chi connectivity index (χ4n) is 3.45. The molecule has 0 aliphatic heterocycles. The number of hydrogen-bond donors (Lipinski definition) is 2. The monoisotopic (exact) mass is 371 g/mol. The van der Waals surface area contributed by atoms with Crippen LogP contribution in [0.15, 0.2) is 71.9 Å². The summed E-state index contributed by atoms with van der Waals surface area (Å²) in [6, 6.07) is 17.7. The minimum Gasteiger partial charge on any atom is -0.507 e. The van der Waals surface area contributed by atoms with Gasteiger partial charge in [-0.2, -0.15) is 0 Å². The number of benzene rings is 4. The van der Waals surface area contributed by atoms with Crippen LogP contribution in [0.2, 0.25) is 0 Å². The molecule has 0 heterocycles. The molecule has 0 aliphatic carbocycles. The predicted molar refractivity (Wildman–Crippen MR) is 105 cm³/mol. The molecule has 6 nitrogen and oxygen atoms in total. The predicted octanol–water partition coefficient (Wildman–Crippen LogP) is 5.03. The average Bonchev–Trinajstić information content (AvgIpc) is 2.72. The van der Waals surface area contributed by atoms with E-state index in [2.05, 4.69) is 5.18 Å². The Kier molecular flexibility index (Phi) is 4.08. The highest BCUT2D eigenvalue weighted by Gasteiger charge is 2.26. The second kappa shape index (κ2) is 6.59. The van der Waals surface area contributed by atoms with Crippen molar-refractivity contribution in [3.63, 3.8) is 0 Å². The average molecular weight is 371 g/mol. The van der Waals surface area contributed by atoms with Gasteiger partial charge >= 0.3 is 5.97 Å². The standard InChI is InChI=1S/C22H13NO5/c24-18-10-9-16(14-7-3-4-8-15(14)18)21(25)17-11-12-5-1-2-6-13(12)20(23-28)19(17)22(26)27/h1-11,24H,(H,26,27). The van der Waals surface area contributed by atoms with Gasteiger partial charge in [0.15, 0.2) is 5.78 Å². The number of phenolic OH excluding ortho intramolecular Hbond substituents is 1. The molecule has 0 aliphatic rings. The van der Waals surface area contributed by atoms with E-state index in [1.165, 1.54) is 18.2 Å². The first kappa shape index (κ1) is 17.4. The van der Waals surface area contributed by atoms with Crippen LogP contribution in [0.1, 0.15) is 26.3 Å². The number of rotatable bonds is 4. The number of phenols is 1. The number of hydrogen-bond acceptors (Lipinski definition) is 5. The van der Waals surface area contributed by atoms with Gasteiger partial charge in [0.2, 0.25) is 0 Å². The van der Waals surface area contributed by atoms with Crippen molar-refractivity contribution in [2.24, 2.45) is 5.18 Å². The molecule has 0 unspecified atom stereocenters. The quantitative estimate of drug-likeness (QED) is 0.387. The maximum absolute atomic E-state index is 13.3. The van der Waals surface area contributed by atoms with Crippen LogP contribution in [0, 0.1) is 4.91 Å². The molecule has 0 bridgehead atoms. The number of fused-ring (bicyclic) bond motifs is 2. The number of nitroso groups, excluding NO2 is 1. The molecule has 6 heteroatoms. The topological polar surface area (TPSA) is 104 Å². The van der Waals surface area contributed by atoms with Gasteiger partial charge in [-0.05, 0) is 34.1 Å². The van der Waals surface area contributed by atoms with Crippen molar-refractivity contribution >= 4 is 39.0 Å². The third-order valence-electron chi connectivity index (χ3n) is 4.72. The molecule has 0 saturated heterocycles. The number of carboxylic acid groups (broad SMARTS) is 1. The molecule has 0 saturated carbocycles. The Morgan fingerprint density at radius 3 is 2.11 bits per heavy atom. The minimum absolute atomic E-state index is 0.0133. The Balaban J connectivity index is 2.06. The molecule has 136 valence electrons. The van der Waals surface area contributed by atoms with Crippen molar-refractivity contribution in [2.45, 2.75) is 0 Å². The normalized spacial score (nSPS) is 10.9. The summed E-state index contributed by atoms with van der Waals surface area (Å²) in [4.78, 5) is 36.7. The first-order chi connectivity index (χ1) is 13.5. The maximum atomic E-state index is 13.3. The highest BCUT2D eigenvalue weighted by Crippen LogP contribution is 2.36. The van der Waals surface area contributed by atoms with Gasteiger partial charge in [-0.15, -0.1) is 4.91 Å². The highest BCUT2D eigenvalue weighted by molar-refractivity contribution is 6.23. The van der Waals surface area contributed by atoms with E-state index in [-0.39, 0.29) is 22.6 Å². The van der Waals surface area contributed by atoms with Gasteiger partial charge in [0.25, 0.3) is 0 Å². The number of carboxylic acids is 1. The van der Waals surface area contributed by atoms with E-state index in [1.807, 2.05) is 0 Å². The van der Waals surface area contributed by atoms with Gasteiger partial charge in [0.05, 0.1) is 0 Å². The minimum atomic E-state index is -1.41. The molecule has 28 heavy (non-hydrogen) atoms. The SMILES string of the molecule is O=Nc1c(C(=O)O)c(C(=O)c2ccc(O)c3ccccc23)cc2ccccc12. The molecule has 4 aromatic carbocycles. The zero-order valence-electron chi connectivity index (χ0n) is 14.4. The third-order valence-corrected chi connectivity index (χ3v) is 4.72. The lowest BCUT2D eigenvalue weighted by Crippen LogP contribution is -2.11. The summed E-state index contributed by atoms with van der Waals surface area (Å²) < 4.78 is 0. The molecule has 4 aromatic rings. The first-order valence-electron chi connectivity index (χ1n) is 8.40. The van der Waals surface area contributed by atoms with Crippen LogP contribution in [-0.2, 0) is 0 Å². The Labute approximate surface area is 158 Å². The lowest BCUT2D eigenvalue weighted by Gasteiger charge is -2.12. The van der Waals surface area contributed by atoms with E-state index in [0.717, 1.165) is 0 Å². The molecule has 0 atom stereocenters. The van der Waals surface area contributed by atoms with Crippen LogP contribution < -0.4 is 0 Å². The number of carbonyl (C=O) groups excluding carboxylic acids is 1. The van der Waals surface area contributed by atoms with Crippen LogP contribution in [0.25, 0.3) is 21.5 Å². The Morgan fingerprint density at radius 2 is 1.43 bits per heavy atom. The fourth-order valence-corrected chi connectivity index (χ4v) is 3.45. The van der Waals surface area contributed by atoms with Crippen molar-refractivity contribution in [1.82, 2.24) is 0 Å². The first-order valence-corrected chi connectivity index (χ1v) is 8.40. The summed E-state index contributed by atoms with van der Waals surface area (Å²) >= 11 is 0. The molecule has 0 radical (unpaired) electrons. The van der Waals surface area contributed by atoms with Crippen LogP contribution in [-0.4, -0.2) is 22.0 Å². The number of nitrogens with zero attached hydrogens (tertiary/aromatic N) is 1.